The van der Waals surface area contributed by atoms with Gasteiger partial charge in [-0.05, 0) is 84.5 Å². The van der Waals surface area contributed by atoms with Crippen LogP contribution in [0.1, 0.15) is 31.2 Å². The van der Waals surface area contributed by atoms with Crippen molar-refractivity contribution in [1.82, 2.24) is 9.97 Å². The second-order valence-electron chi connectivity index (χ2n) is 15.4. The van der Waals surface area contributed by atoms with Crippen molar-refractivity contribution in [3.05, 3.63) is 164 Å². The van der Waals surface area contributed by atoms with Crippen LogP contribution in [0.3, 0.4) is 0 Å². The standard InChI is InChI=1S/C30H20N4.C7H8.C6H18NSi2.C4H8O.Y/c1-3-11-25-21(7-1)13-15-27(33-19-23-9-5-17-31-23)29(25)30-26-12-4-2-8-22(26)14-16-28(30)34-20-24-10-6-18-32-24;1-7-5-3-2-4-6-7;1-8(2,3)7-9(4,5)6;1-2-4-5-3-1;/h1-20H;2-6H,1H3;1-6H3;1-4H2;/q-2;;-1;;+3. The number of hydrogen-bond donors (Lipinski definition) is 0. The zero-order valence-corrected chi connectivity index (χ0v) is 38.8. The van der Waals surface area contributed by atoms with E-state index in [4.69, 9.17) is 19.4 Å². The Morgan fingerprint density at radius 3 is 1.34 bits per heavy atom. The molecule has 6 radical (unpaired) electrons. The Bertz CT molecular complexity index is 1940. The maximum absolute atomic E-state index is 4.94. The molecule has 2 aromatic heterocycles. The summed E-state index contributed by atoms with van der Waals surface area (Å²) in [6.45, 7) is 17.9. The molecule has 3 heterocycles. The summed E-state index contributed by atoms with van der Waals surface area (Å²) in [6.07, 6.45) is 20.0. The molecule has 8 rings (SSSR count). The van der Waals surface area contributed by atoms with Gasteiger partial charge in [0.15, 0.2) is 0 Å². The van der Waals surface area contributed by atoms with E-state index in [9.17, 15) is 0 Å². The van der Waals surface area contributed by atoms with Crippen molar-refractivity contribution in [3.63, 3.8) is 0 Å². The number of fused-ring (bicyclic) bond motifs is 2. The van der Waals surface area contributed by atoms with Crippen molar-refractivity contribution in [2.24, 2.45) is 9.98 Å². The predicted octanol–water partition coefficient (Wildman–Crippen LogP) is 12.5. The molecule has 0 N–H and O–H groups in total. The van der Waals surface area contributed by atoms with Gasteiger partial charge in [0.25, 0.3) is 0 Å². The van der Waals surface area contributed by atoms with Gasteiger partial charge in [0.2, 0.25) is 0 Å². The van der Waals surface area contributed by atoms with Crippen LogP contribution < -0.4 is 9.97 Å². The zero-order valence-electron chi connectivity index (χ0n) is 34.0. The first-order valence-electron chi connectivity index (χ1n) is 19.1. The molecule has 2 aliphatic rings. The van der Waals surface area contributed by atoms with Gasteiger partial charge in [0.05, 0.1) is 11.4 Å². The van der Waals surface area contributed by atoms with Crippen molar-refractivity contribution in [3.8, 4) is 11.1 Å². The van der Waals surface area contributed by atoms with Crippen molar-refractivity contribution in [2.75, 3.05) is 13.2 Å². The van der Waals surface area contributed by atoms with Crippen LogP contribution in [0.4, 0.5) is 11.4 Å². The summed E-state index contributed by atoms with van der Waals surface area (Å²) in [6, 6.07) is 32.9. The van der Waals surface area contributed by atoms with Gasteiger partial charge < -0.3 is 19.4 Å². The molecule has 56 heavy (non-hydrogen) atoms. The third-order valence-electron chi connectivity index (χ3n) is 8.33. The smallest absolute Gasteiger partial charge is 0.668 e. The molecule has 0 atom stereocenters. The minimum Gasteiger partial charge on any atom is -0.668 e. The molecule has 1 saturated carbocycles. The molecular formula is C47H54N5OSi2Y. The molecule has 0 unspecified atom stereocenters. The summed E-state index contributed by atoms with van der Waals surface area (Å²) in [4.78, 5) is 18.4. The number of nitrogens with zero attached hydrogens (tertiary/aromatic N) is 5. The summed E-state index contributed by atoms with van der Waals surface area (Å²) in [5.41, 5.74) is 5.53. The fraction of sp³-hybridized carbons (Fsp3) is 0.234. The molecule has 1 aliphatic heterocycles. The van der Waals surface area contributed by atoms with E-state index in [0.29, 0.717) is 0 Å². The van der Waals surface area contributed by atoms with Gasteiger partial charge >= 0.3 is 32.7 Å². The molecule has 9 heteroatoms. The van der Waals surface area contributed by atoms with Crippen LogP contribution in [0.5, 0.6) is 0 Å². The largest absolute Gasteiger partial charge is 3.00 e. The predicted molar refractivity (Wildman–Crippen MR) is 241 cm³/mol. The third kappa shape index (κ3) is 14.9. The van der Waals surface area contributed by atoms with Gasteiger partial charge in [-0.3, -0.25) is 9.98 Å². The van der Waals surface area contributed by atoms with Crippen LogP contribution in [-0.4, -0.2) is 42.1 Å². The molecule has 1 saturated heterocycles. The van der Waals surface area contributed by atoms with Crippen LogP contribution in [-0.2, 0) is 37.4 Å². The van der Waals surface area contributed by atoms with Crippen LogP contribution in [0.15, 0.2) is 119 Å². The average Bonchev–Trinajstić information content (AvgIpc) is 3.99. The molecule has 2 fully saturated rings. The Kier molecular flexibility index (Phi) is 18.4. The Morgan fingerprint density at radius 1 is 0.571 bits per heavy atom. The van der Waals surface area contributed by atoms with E-state index in [1.54, 1.807) is 12.4 Å². The van der Waals surface area contributed by atoms with Gasteiger partial charge in [0, 0.05) is 36.8 Å². The van der Waals surface area contributed by atoms with E-state index in [0.717, 1.165) is 68.6 Å². The van der Waals surface area contributed by atoms with E-state index in [1.807, 2.05) is 56.0 Å². The fourth-order valence-corrected chi connectivity index (χ4v) is 14.4. The number of benzene rings is 4. The summed E-state index contributed by atoms with van der Waals surface area (Å²) in [7, 11) is -2.21. The molecule has 4 aromatic carbocycles. The molecule has 0 bridgehead atoms. The van der Waals surface area contributed by atoms with E-state index in [2.05, 4.69) is 142 Å². The maximum atomic E-state index is 4.94. The normalized spacial score (nSPS) is 14.8. The van der Waals surface area contributed by atoms with E-state index in [1.165, 1.54) is 18.8 Å². The van der Waals surface area contributed by atoms with Crippen molar-refractivity contribution in [2.45, 2.75) is 59.0 Å². The first kappa shape index (κ1) is 45.5. The maximum Gasteiger partial charge on any atom is 3.00 e. The molecule has 6 nitrogen and oxygen atoms in total. The van der Waals surface area contributed by atoms with Gasteiger partial charge in [-0.15, -0.1) is 11.4 Å². The molecule has 6 aromatic rings. The van der Waals surface area contributed by atoms with E-state index in [-0.39, 0.29) is 32.7 Å². The fourth-order valence-electron chi connectivity index (χ4n) is 6.36. The quantitative estimate of drug-likeness (QED) is 0.119. The third-order valence-corrected chi connectivity index (χ3v) is 13.7. The first-order chi connectivity index (χ1) is 26.5. The SMILES string of the molecule is C(=Nc1ccc2ccccc2c1-c1c(N=Cc2ccc[n-]2)ccc2ccccc12)c1ccc[n-]1.C1CCOC1.C[C]1[CH][CH][CH][CH][CH]1.C[Si](C)(C)[N-][Si](C)(C)C.[Y+3]. The summed E-state index contributed by atoms with van der Waals surface area (Å²) < 4.78 is 9.76. The molecule has 0 amide bonds. The summed E-state index contributed by atoms with van der Waals surface area (Å²) >= 11 is 0. The van der Waals surface area contributed by atoms with Crippen LogP contribution in [0.2, 0.25) is 39.3 Å². The minimum atomic E-state index is -1.11. The van der Waals surface area contributed by atoms with Gasteiger partial charge in [0.1, 0.15) is 0 Å². The monoisotopic (exact) mass is 849 g/mol. The van der Waals surface area contributed by atoms with E-state index < -0.39 is 16.5 Å². The average molecular weight is 850 g/mol. The second-order valence-corrected chi connectivity index (χ2v) is 25.0. The zero-order chi connectivity index (χ0) is 39.1. The summed E-state index contributed by atoms with van der Waals surface area (Å²) in [5.74, 6) is 1.32. The molecular weight excluding hydrogens is 796 g/mol. The number of aliphatic imine (C=N–C) groups is 2. The Labute approximate surface area is 363 Å². The van der Waals surface area contributed by atoms with Crippen LogP contribution in [0, 0.1) is 38.0 Å². The van der Waals surface area contributed by atoms with Crippen molar-refractivity contribution >= 4 is 61.8 Å². The summed E-state index contributed by atoms with van der Waals surface area (Å²) in [5, 5.41) is 4.57. The van der Waals surface area contributed by atoms with Crippen molar-refractivity contribution < 1.29 is 37.4 Å². The first-order valence-corrected chi connectivity index (χ1v) is 26.0. The van der Waals surface area contributed by atoms with Crippen molar-refractivity contribution in [1.29, 1.82) is 0 Å². The Morgan fingerprint density at radius 2 is 1.02 bits per heavy atom. The van der Waals surface area contributed by atoms with Gasteiger partial charge in [-0.1, -0.05) is 148 Å². The van der Waals surface area contributed by atoms with Crippen LogP contribution in [0.25, 0.3) is 37.3 Å². The number of hydrogen-bond acceptors (Lipinski definition) is 3. The topological polar surface area (TPSA) is 76.2 Å². The van der Waals surface area contributed by atoms with Crippen LogP contribution >= 0.6 is 0 Å². The second kappa shape index (κ2) is 22.6. The molecule has 1 aliphatic carbocycles. The Balaban J connectivity index is 0.000000258. The number of aromatic nitrogens is 2. The molecule has 284 valence electrons. The number of rotatable bonds is 7. The van der Waals surface area contributed by atoms with E-state index >= 15 is 0 Å². The Hall–Kier alpha value is -3.24. The number of ether oxygens (including phenoxy) is 1. The minimum absolute atomic E-state index is 0. The van der Waals surface area contributed by atoms with Gasteiger partial charge in [-0.25, -0.2) is 0 Å². The molecule has 0 spiro atoms. The van der Waals surface area contributed by atoms with Gasteiger partial charge in [-0.2, -0.15) is 12.4 Å².